The molecule has 1 aromatic carbocycles. The number of morpholine rings is 1. The molecule has 11 heteroatoms. The van der Waals surface area contributed by atoms with Crippen LogP contribution < -0.4 is 4.90 Å². The van der Waals surface area contributed by atoms with Crippen LogP contribution in [0.1, 0.15) is 10.5 Å². The van der Waals surface area contributed by atoms with Crippen molar-refractivity contribution in [3.8, 4) is 17.1 Å². The second kappa shape index (κ2) is 9.27. The minimum absolute atomic E-state index is 0.0279. The Morgan fingerprint density at radius 2 is 1.92 bits per heavy atom. The van der Waals surface area contributed by atoms with E-state index >= 15 is 0 Å². The van der Waals surface area contributed by atoms with E-state index in [0.29, 0.717) is 66.2 Å². The van der Waals surface area contributed by atoms with Gasteiger partial charge in [0, 0.05) is 31.0 Å². The van der Waals surface area contributed by atoms with Gasteiger partial charge in [-0.1, -0.05) is 18.2 Å². The molecular weight excluding hydrogens is 463 g/mol. The van der Waals surface area contributed by atoms with E-state index < -0.39 is 0 Å². The first-order valence-corrected chi connectivity index (χ1v) is 11.5. The number of ether oxygens (including phenoxy) is 1. The summed E-state index contributed by atoms with van der Waals surface area (Å²) in [4.78, 5) is 33.1. The molecule has 1 fully saturated rings. The van der Waals surface area contributed by atoms with Crippen LogP contribution in [0.2, 0.25) is 0 Å². The van der Waals surface area contributed by atoms with Crippen LogP contribution >= 0.6 is 0 Å². The van der Waals surface area contributed by atoms with E-state index in [2.05, 4.69) is 15.1 Å². The van der Waals surface area contributed by atoms with Crippen molar-refractivity contribution in [3.05, 3.63) is 78.8 Å². The Bertz CT molecular complexity index is 1540. The van der Waals surface area contributed by atoms with Crippen LogP contribution in [-0.4, -0.2) is 66.4 Å². The normalized spacial score (nSPS) is 13.9. The van der Waals surface area contributed by atoms with E-state index in [0.717, 1.165) is 0 Å². The Balaban J connectivity index is 1.43. The number of carbonyl (C=O) groups excluding carboxylic acids is 1. The molecule has 5 aromatic rings. The summed E-state index contributed by atoms with van der Waals surface area (Å²) in [7, 11) is 0. The SMILES string of the molecule is O=C(Cn1cnc2c(-n3ccc(-c4cccc(F)c4)n3)nc(N3CCOCC3)nc21)c1ccccn1. The molecule has 10 nitrogen and oxygen atoms in total. The molecule has 0 bridgehead atoms. The van der Waals surface area contributed by atoms with Gasteiger partial charge in [-0.25, -0.2) is 14.1 Å². The molecule has 0 radical (unpaired) electrons. The summed E-state index contributed by atoms with van der Waals surface area (Å²) >= 11 is 0. The zero-order valence-corrected chi connectivity index (χ0v) is 19.2. The third-order valence-electron chi connectivity index (χ3n) is 5.92. The summed E-state index contributed by atoms with van der Waals surface area (Å²) in [5, 5.41) is 4.64. The van der Waals surface area contributed by atoms with Crippen molar-refractivity contribution >= 4 is 22.9 Å². The summed E-state index contributed by atoms with van der Waals surface area (Å²) in [5.74, 6) is 0.469. The zero-order valence-electron chi connectivity index (χ0n) is 19.2. The molecule has 1 aliphatic heterocycles. The molecule has 4 aromatic heterocycles. The van der Waals surface area contributed by atoms with Crippen LogP contribution in [0.15, 0.2) is 67.3 Å². The van der Waals surface area contributed by atoms with Gasteiger partial charge in [-0.3, -0.25) is 9.78 Å². The zero-order chi connectivity index (χ0) is 24.5. The summed E-state index contributed by atoms with van der Waals surface area (Å²) < 4.78 is 22.5. The fourth-order valence-corrected chi connectivity index (χ4v) is 4.11. The molecule has 0 aliphatic carbocycles. The van der Waals surface area contributed by atoms with Crippen molar-refractivity contribution < 1.29 is 13.9 Å². The summed E-state index contributed by atoms with van der Waals surface area (Å²) in [6, 6.07) is 13.3. The van der Waals surface area contributed by atoms with Gasteiger partial charge in [-0.05, 0) is 30.3 Å². The Labute approximate surface area is 205 Å². The van der Waals surface area contributed by atoms with Crippen molar-refractivity contribution in [2.75, 3.05) is 31.2 Å². The predicted molar refractivity (Wildman–Crippen MR) is 129 cm³/mol. The lowest BCUT2D eigenvalue weighted by atomic mass is 10.1. The maximum absolute atomic E-state index is 13.8. The van der Waals surface area contributed by atoms with Gasteiger partial charge in [-0.15, -0.1) is 0 Å². The van der Waals surface area contributed by atoms with Gasteiger partial charge in [0.05, 0.1) is 31.8 Å². The Kier molecular flexibility index (Phi) is 5.66. The summed E-state index contributed by atoms with van der Waals surface area (Å²) in [6.07, 6.45) is 4.91. The lowest BCUT2D eigenvalue weighted by Gasteiger charge is -2.27. The highest BCUT2D eigenvalue weighted by Crippen LogP contribution is 2.25. The quantitative estimate of drug-likeness (QED) is 0.339. The average molecular weight is 484 g/mol. The molecule has 0 unspecified atom stereocenters. The maximum atomic E-state index is 13.8. The van der Waals surface area contributed by atoms with Gasteiger partial charge in [0.2, 0.25) is 11.7 Å². The van der Waals surface area contributed by atoms with Gasteiger partial charge in [0.25, 0.3) is 0 Å². The molecule has 0 spiro atoms. The minimum Gasteiger partial charge on any atom is -0.378 e. The maximum Gasteiger partial charge on any atom is 0.229 e. The Morgan fingerprint density at radius 3 is 2.72 bits per heavy atom. The van der Waals surface area contributed by atoms with Crippen LogP contribution in [-0.2, 0) is 11.3 Å². The number of rotatable bonds is 6. The molecule has 0 amide bonds. The summed E-state index contributed by atoms with van der Waals surface area (Å²) in [5.41, 5.74) is 2.62. The predicted octanol–water partition coefficient (Wildman–Crippen LogP) is 2.93. The van der Waals surface area contributed by atoms with Gasteiger partial charge in [0.15, 0.2) is 17.0 Å². The lowest BCUT2D eigenvalue weighted by Crippen LogP contribution is -2.37. The highest BCUT2D eigenvalue weighted by molar-refractivity contribution is 5.95. The molecular formula is C25H21FN8O2. The monoisotopic (exact) mass is 484 g/mol. The molecule has 6 rings (SSSR count). The highest BCUT2D eigenvalue weighted by Gasteiger charge is 2.22. The van der Waals surface area contributed by atoms with E-state index in [-0.39, 0.29) is 18.1 Å². The Morgan fingerprint density at radius 1 is 1.03 bits per heavy atom. The highest BCUT2D eigenvalue weighted by atomic mass is 19.1. The smallest absolute Gasteiger partial charge is 0.229 e. The van der Waals surface area contributed by atoms with Crippen molar-refractivity contribution in [3.63, 3.8) is 0 Å². The van der Waals surface area contributed by atoms with Crippen LogP contribution in [0.25, 0.3) is 28.2 Å². The van der Waals surface area contributed by atoms with Crippen LogP contribution in [0.3, 0.4) is 0 Å². The van der Waals surface area contributed by atoms with Gasteiger partial charge in [0.1, 0.15) is 11.5 Å². The number of Topliss-reactive ketones (excluding diaryl/α,β-unsaturated/α-hetero) is 1. The average Bonchev–Trinajstić information content (AvgIpc) is 3.57. The molecule has 1 aliphatic rings. The van der Waals surface area contributed by atoms with Crippen LogP contribution in [0, 0.1) is 5.82 Å². The number of fused-ring (bicyclic) bond motifs is 1. The Hall–Kier alpha value is -4.51. The van der Waals surface area contributed by atoms with Crippen molar-refractivity contribution in [1.29, 1.82) is 0 Å². The first-order chi connectivity index (χ1) is 17.7. The van der Waals surface area contributed by atoms with Crippen LogP contribution in [0.4, 0.5) is 10.3 Å². The van der Waals surface area contributed by atoms with E-state index in [4.69, 9.17) is 14.7 Å². The standard InChI is InChI=1S/C25H21FN8O2/c26-18-5-3-4-17(14-18)19-7-9-34(31-19)24-22-23(29-25(30-24)32-10-12-36-13-11-32)33(16-28-22)15-21(35)20-6-1-2-8-27-20/h1-9,14,16H,10-13,15H2. The number of carbonyl (C=O) groups is 1. The number of aromatic nitrogens is 7. The van der Waals surface area contributed by atoms with Crippen LogP contribution in [0.5, 0.6) is 0 Å². The topological polar surface area (TPSA) is 104 Å². The van der Waals surface area contributed by atoms with Crippen molar-refractivity contribution in [2.24, 2.45) is 0 Å². The second-order valence-corrected chi connectivity index (χ2v) is 8.29. The van der Waals surface area contributed by atoms with Crippen molar-refractivity contribution in [1.82, 2.24) is 34.3 Å². The second-order valence-electron chi connectivity index (χ2n) is 8.29. The number of hydrogen-bond donors (Lipinski definition) is 0. The molecule has 5 heterocycles. The minimum atomic E-state index is -0.336. The number of halogens is 1. The van der Waals surface area contributed by atoms with E-state index in [9.17, 15) is 9.18 Å². The number of imidazole rings is 1. The number of pyridine rings is 1. The number of anilines is 1. The first kappa shape index (κ1) is 22.0. The van der Waals surface area contributed by atoms with Gasteiger partial charge in [-0.2, -0.15) is 15.1 Å². The largest absolute Gasteiger partial charge is 0.378 e. The third kappa shape index (κ3) is 4.20. The van der Waals surface area contributed by atoms with E-state index in [1.54, 1.807) is 64.4 Å². The van der Waals surface area contributed by atoms with E-state index in [1.807, 2.05) is 4.90 Å². The van der Waals surface area contributed by atoms with Gasteiger partial charge < -0.3 is 14.2 Å². The fourth-order valence-electron chi connectivity index (χ4n) is 4.11. The number of ketones is 1. The first-order valence-electron chi connectivity index (χ1n) is 11.5. The summed E-state index contributed by atoms with van der Waals surface area (Å²) in [6.45, 7) is 2.44. The van der Waals surface area contributed by atoms with E-state index in [1.165, 1.54) is 12.1 Å². The molecule has 180 valence electrons. The molecule has 1 saturated heterocycles. The third-order valence-corrected chi connectivity index (χ3v) is 5.92. The molecule has 0 N–H and O–H groups in total. The van der Waals surface area contributed by atoms with Gasteiger partial charge >= 0.3 is 0 Å². The lowest BCUT2D eigenvalue weighted by molar-refractivity contribution is 0.0968. The molecule has 0 saturated carbocycles. The van der Waals surface area contributed by atoms with Crippen molar-refractivity contribution in [2.45, 2.75) is 6.54 Å². The number of nitrogens with zero attached hydrogens (tertiary/aromatic N) is 8. The number of hydrogen-bond acceptors (Lipinski definition) is 8. The fraction of sp³-hybridized carbons (Fsp3) is 0.200. The molecule has 36 heavy (non-hydrogen) atoms. The molecule has 0 atom stereocenters. The number of benzene rings is 1.